The molecule has 3 aliphatic heterocycles. The highest BCUT2D eigenvalue weighted by Gasteiger charge is 2.70. The summed E-state index contributed by atoms with van der Waals surface area (Å²) in [4.78, 5) is 46.7. The SMILES string of the molecule is CCCc1ccc(C(=O)[C@@H]2[C@@H](C(=O)c3cccs3)N3c4ccc(C)cc4C(C)=C[C@@H]3[C@@]23C(=O)Nc2ccccc23)cc1. The van der Waals surface area contributed by atoms with Gasteiger partial charge in [-0.3, -0.25) is 14.4 Å². The first-order valence-electron chi connectivity index (χ1n) is 14.6. The molecule has 1 saturated heterocycles. The standard InChI is InChI=1S/C36H32N2O3S/c1-4-8-23-13-15-24(16-14-23)33(39)31-32(34(40)29-11-7-18-42-29)38-28-17-12-21(2)19-25(28)22(3)20-30(38)36(31)26-9-5-6-10-27(26)37-35(36)41/h5-7,9-20,30-32H,4,8H2,1-3H3,(H,37,41)/t30-,31+,32+,36-/m1/s1. The smallest absolute Gasteiger partial charge is 0.238 e. The van der Waals surface area contributed by atoms with Gasteiger partial charge in [0.2, 0.25) is 5.91 Å². The van der Waals surface area contributed by atoms with Crippen molar-refractivity contribution in [2.24, 2.45) is 5.92 Å². The van der Waals surface area contributed by atoms with Crippen molar-refractivity contribution in [3.8, 4) is 0 Å². The third-order valence-corrected chi connectivity index (χ3v) is 10.1. The first-order chi connectivity index (χ1) is 20.4. The summed E-state index contributed by atoms with van der Waals surface area (Å²) in [6, 6.07) is 23.8. The molecule has 4 heterocycles. The topological polar surface area (TPSA) is 66.5 Å². The number of carbonyl (C=O) groups is 3. The fraction of sp³-hybridized carbons (Fsp3) is 0.250. The van der Waals surface area contributed by atoms with Crippen LogP contribution in [0, 0.1) is 12.8 Å². The number of fused-ring (bicyclic) bond motifs is 6. The van der Waals surface area contributed by atoms with Crippen LogP contribution in [0.25, 0.3) is 5.57 Å². The Labute approximate surface area is 249 Å². The Morgan fingerprint density at radius 2 is 1.74 bits per heavy atom. The lowest BCUT2D eigenvalue weighted by molar-refractivity contribution is -0.121. The number of hydrogen-bond acceptors (Lipinski definition) is 5. The van der Waals surface area contributed by atoms with Gasteiger partial charge >= 0.3 is 0 Å². The molecule has 1 amide bonds. The Bertz CT molecular complexity index is 1770. The Kier molecular flexibility index (Phi) is 6.28. The second kappa shape index (κ2) is 9.92. The summed E-state index contributed by atoms with van der Waals surface area (Å²) in [5.74, 6) is -1.51. The summed E-state index contributed by atoms with van der Waals surface area (Å²) in [5.41, 5.74) is 5.90. The number of anilines is 2. The molecule has 3 aliphatic rings. The van der Waals surface area contributed by atoms with Gasteiger partial charge in [0.25, 0.3) is 0 Å². The fourth-order valence-electron chi connectivity index (χ4n) is 7.41. The molecule has 210 valence electrons. The molecule has 0 radical (unpaired) electrons. The number of hydrogen-bond donors (Lipinski definition) is 1. The number of aryl methyl sites for hydroxylation is 2. The molecule has 4 atom stereocenters. The first kappa shape index (κ1) is 26.6. The van der Waals surface area contributed by atoms with E-state index in [-0.39, 0.29) is 17.5 Å². The minimum atomic E-state index is -1.29. The van der Waals surface area contributed by atoms with Crippen LogP contribution in [0.15, 0.2) is 90.3 Å². The Morgan fingerprint density at radius 1 is 0.952 bits per heavy atom. The van der Waals surface area contributed by atoms with E-state index in [0.717, 1.165) is 46.4 Å². The molecule has 3 aromatic carbocycles. The van der Waals surface area contributed by atoms with Crippen LogP contribution in [0.5, 0.6) is 0 Å². The molecule has 0 unspecified atom stereocenters. The molecule has 0 saturated carbocycles. The van der Waals surface area contributed by atoms with Crippen LogP contribution in [0.2, 0.25) is 0 Å². The van der Waals surface area contributed by atoms with Gasteiger partial charge in [0, 0.05) is 22.5 Å². The second-order valence-electron chi connectivity index (χ2n) is 11.7. The minimum Gasteiger partial charge on any atom is -0.352 e. The minimum absolute atomic E-state index is 0.135. The molecule has 1 fully saturated rings. The number of carbonyl (C=O) groups excluding carboxylic acids is 3. The number of amides is 1. The van der Waals surface area contributed by atoms with Crippen LogP contribution in [-0.4, -0.2) is 29.6 Å². The molecule has 1 N–H and O–H groups in total. The molecule has 0 bridgehead atoms. The van der Waals surface area contributed by atoms with Crippen molar-refractivity contribution < 1.29 is 14.4 Å². The fourth-order valence-corrected chi connectivity index (χ4v) is 8.11. The molecule has 5 nitrogen and oxygen atoms in total. The van der Waals surface area contributed by atoms with Crippen molar-refractivity contribution >= 4 is 45.8 Å². The number of benzene rings is 3. The van der Waals surface area contributed by atoms with Crippen molar-refractivity contribution in [2.75, 3.05) is 10.2 Å². The molecule has 0 aliphatic carbocycles. The van der Waals surface area contributed by atoms with Crippen molar-refractivity contribution in [1.82, 2.24) is 0 Å². The summed E-state index contributed by atoms with van der Waals surface area (Å²) in [5, 5.41) is 4.99. The van der Waals surface area contributed by atoms with Crippen LogP contribution in [-0.2, 0) is 16.6 Å². The zero-order valence-electron chi connectivity index (χ0n) is 23.9. The van der Waals surface area contributed by atoms with Gasteiger partial charge in [0.1, 0.15) is 11.5 Å². The summed E-state index contributed by atoms with van der Waals surface area (Å²) < 4.78 is 0. The highest BCUT2D eigenvalue weighted by Crippen LogP contribution is 2.59. The molecule has 7 rings (SSSR count). The van der Waals surface area contributed by atoms with Crippen LogP contribution < -0.4 is 10.2 Å². The lowest BCUT2D eigenvalue weighted by Crippen LogP contribution is -2.51. The van der Waals surface area contributed by atoms with Gasteiger partial charge in [-0.25, -0.2) is 0 Å². The van der Waals surface area contributed by atoms with Crippen LogP contribution >= 0.6 is 11.3 Å². The number of Topliss-reactive ketones (excluding diaryl/α,β-unsaturated/α-hetero) is 2. The first-order valence-corrected chi connectivity index (χ1v) is 15.4. The van der Waals surface area contributed by atoms with Crippen LogP contribution in [0.4, 0.5) is 11.4 Å². The van der Waals surface area contributed by atoms with E-state index >= 15 is 0 Å². The van der Waals surface area contributed by atoms with E-state index in [1.54, 1.807) is 0 Å². The summed E-state index contributed by atoms with van der Waals surface area (Å²) in [6.45, 7) is 6.23. The quantitative estimate of drug-likeness (QED) is 0.247. The Hall–Kier alpha value is -4.29. The van der Waals surface area contributed by atoms with E-state index in [1.165, 1.54) is 11.3 Å². The normalized spacial score (nSPS) is 23.7. The Morgan fingerprint density at radius 3 is 2.48 bits per heavy atom. The zero-order chi connectivity index (χ0) is 29.2. The van der Waals surface area contributed by atoms with Crippen molar-refractivity contribution in [2.45, 2.75) is 51.1 Å². The van der Waals surface area contributed by atoms with E-state index < -0.39 is 23.4 Å². The average molecular weight is 573 g/mol. The number of nitrogens with one attached hydrogen (secondary N) is 1. The maximum atomic E-state index is 14.9. The van der Waals surface area contributed by atoms with Gasteiger partial charge in [0.05, 0.1) is 16.8 Å². The van der Waals surface area contributed by atoms with Gasteiger partial charge in [-0.2, -0.15) is 0 Å². The molecule has 42 heavy (non-hydrogen) atoms. The third kappa shape index (κ3) is 3.71. The number of ketones is 2. The van der Waals surface area contributed by atoms with Gasteiger partial charge in [0.15, 0.2) is 11.6 Å². The molecule has 1 aromatic heterocycles. The molecular weight excluding hydrogens is 540 g/mol. The van der Waals surface area contributed by atoms with Gasteiger partial charge < -0.3 is 10.2 Å². The molecule has 6 heteroatoms. The molecular formula is C36H32N2O3S. The van der Waals surface area contributed by atoms with Crippen molar-refractivity contribution in [3.63, 3.8) is 0 Å². The van der Waals surface area contributed by atoms with Crippen molar-refractivity contribution in [1.29, 1.82) is 0 Å². The van der Waals surface area contributed by atoms with Crippen LogP contribution in [0.1, 0.15) is 62.6 Å². The average Bonchev–Trinajstić information content (AvgIpc) is 3.70. The number of nitrogens with zero attached hydrogens (tertiary/aromatic N) is 1. The van der Waals surface area contributed by atoms with E-state index in [2.05, 4.69) is 43.1 Å². The van der Waals surface area contributed by atoms with Crippen molar-refractivity contribution in [3.05, 3.63) is 123 Å². The van der Waals surface area contributed by atoms with E-state index in [9.17, 15) is 14.4 Å². The summed E-state index contributed by atoms with van der Waals surface area (Å²) >= 11 is 1.37. The Balaban J connectivity index is 1.52. The van der Waals surface area contributed by atoms with Gasteiger partial charge in [-0.05, 0) is 66.6 Å². The van der Waals surface area contributed by atoms with Gasteiger partial charge in [-0.15, -0.1) is 11.3 Å². The summed E-state index contributed by atoms with van der Waals surface area (Å²) in [7, 11) is 0. The maximum absolute atomic E-state index is 14.9. The summed E-state index contributed by atoms with van der Waals surface area (Å²) in [6.07, 6.45) is 4.04. The largest absolute Gasteiger partial charge is 0.352 e. The third-order valence-electron chi connectivity index (χ3n) is 9.22. The highest BCUT2D eigenvalue weighted by atomic mass is 32.1. The second-order valence-corrected chi connectivity index (χ2v) is 12.6. The van der Waals surface area contributed by atoms with E-state index in [4.69, 9.17) is 0 Å². The highest BCUT2D eigenvalue weighted by molar-refractivity contribution is 7.12. The lowest BCUT2D eigenvalue weighted by Gasteiger charge is -2.39. The number of rotatable bonds is 6. The predicted octanol–water partition coefficient (Wildman–Crippen LogP) is 7.26. The van der Waals surface area contributed by atoms with E-state index in [1.807, 2.05) is 78.2 Å². The monoisotopic (exact) mass is 572 g/mol. The zero-order valence-corrected chi connectivity index (χ0v) is 24.7. The lowest BCUT2D eigenvalue weighted by atomic mass is 9.64. The number of para-hydroxylation sites is 1. The van der Waals surface area contributed by atoms with Gasteiger partial charge in [-0.1, -0.05) is 79.6 Å². The number of thiophene rings is 1. The molecule has 4 aromatic rings. The predicted molar refractivity (Wildman–Crippen MR) is 169 cm³/mol. The van der Waals surface area contributed by atoms with Crippen LogP contribution in [0.3, 0.4) is 0 Å². The maximum Gasteiger partial charge on any atom is 0.238 e. The van der Waals surface area contributed by atoms with E-state index in [0.29, 0.717) is 16.1 Å². The number of allylic oxidation sites excluding steroid dienone is 1. The molecule has 1 spiro atoms.